The zero-order chi connectivity index (χ0) is 21.0. The first-order valence-electron chi connectivity index (χ1n) is 10.5. The van der Waals surface area contributed by atoms with Crippen molar-refractivity contribution < 1.29 is 19.1 Å². The average Bonchev–Trinajstić information content (AvgIpc) is 2.86. The lowest BCUT2D eigenvalue weighted by Crippen LogP contribution is -2.50. The van der Waals surface area contributed by atoms with Gasteiger partial charge in [-0.15, -0.1) is 0 Å². The minimum atomic E-state index is -0.825. The fourth-order valence-electron chi connectivity index (χ4n) is 4.39. The molecule has 2 amide bonds. The van der Waals surface area contributed by atoms with Crippen LogP contribution < -0.4 is 5.32 Å². The molecule has 0 radical (unpaired) electrons. The van der Waals surface area contributed by atoms with E-state index in [0.29, 0.717) is 43.6 Å². The monoisotopic (exact) mass is 405 g/mol. The highest BCUT2D eigenvalue weighted by Crippen LogP contribution is 2.26. The Morgan fingerprint density at radius 1 is 1.21 bits per heavy atom. The lowest BCUT2D eigenvalue weighted by atomic mass is 9.93. The maximum Gasteiger partial charge on any atom is 0.253 e. The fraction of sp³-hybridized carbons (Fsp3) is 0.636. The largest absolute Gasteiger partial charge is 0.388 e. The molecule has 2 heterocycles. The molecule has 2 N–H and O–H groups in total. The van der Waals surface area contributed by atoms with E-state index in [9.17, 15) is 19.1 Å². The number of nitrogens with zero attached hydrogens (tertiary/aromatic N) is 2. The summed E-state index contributed by atoms with van der Waals surface area (Å²) in [6.45, 7) is 6.53. The van der Waals surface area contributed by atoms with Crippen LogP contribution in [0.2, 0.25) is 0 Å². The lowest BCUT2D eigenvalue weighted by molar-refractivity contribution is -0.120. The first kappa shape index (κ1) is 21.7. The van der Waals surface area contributed by atoms with Gasteiger partial charge in [0, 0.05) is 51.3 Å². The number of amides is 2. The van der Waals surface area contributed by atoms with Gasteiger partial charge in [0.25, 0.3) is 5.91 Å². The summed E-state index contributed by atoms with van der Waals surface area (Å²) in [6.07, 6.45) is 3.65. The van der Waals surface area contributed by atoms with E-state index in [2.05, 4.69) is 10.2 Å². The van der Waals surface area contributed by atoms with Crippen molar-refractivity contribution in [3.05, 3.63) is 35.1 Å². The summed E-state index contributed by atoms with van der Waals surface area (Å²) in [6, 6.07) is 4.81. The average molecular weight is 406 g/mol. The number of piperidine rings is 1. The lowest BCUT2D eigenvalue weighted by Gasteiger charge is -2.38. The molecule has 3 rings (SSSR count). The summed E-state index contributed by atoms with van der Waals surface area (Å²) < 4.78 is 13.8. The normalized spacial score (nSPS) is 24.2. The molecule has 0 saturated carbocycles. The highest BCUT2D eigenvalue weighted by atomic mass is 19.1. The number of aliphatic hydroxyl groups is 1. The Kier molecular flexibility index (Phi) is 6.90. The molecular formula is C22H32FN3O3. The molecule has 0 aliphatic carbocycles. The molecule has 6 nitrogen and oxygen atoms in total. The molecule has 29 heavy (non-hydrogen) atoms. The zero-order valence-electron chi connectivity index (χ0n) is 17.4. The molecule has 160 valence electrons. The Morgan fingerprint density at radius 3 is 2.59 bits per heavy atom. The number of halogens is 1. The maximum absolute atomic E-state index is 13.8. The maximum atomic E-state index is 13.8. The van der Waals surface area contributed by atoms with Crippen molar-refractivity contribution in [3.63, 3.8) is 0 Å². The van der Waals surface area contributed by atoms with E-state index in [1.807, 2.05) is 0 Å². The molecular weight excluding hydrogens is 373 g/mol. The molecule has 1 aromatic carbocycles. The summed E-state index contributed by atoms with van der Waals surface area (Å²) in [5.74, 6) is -0.543. The molecule has 0 spiro atoms. The number of carbonyl (C=O) groups is 2. The van der Waals surface area contributed by atoms with E-state index in [-0.39, 0.29) is 23.7 Å². The van der Waals surface area contributed by atoms with Crippen LogP contribution in [0.15, 0.2) is 18.2 Å². The molecule has 2 saturated heterocycles. The molecule has 0 aromatic heterocycles. The molecule has 0 unspecified atom stereocenters. The standard InChI is InChI=1S/C22H32FN3O3/c1-16-4-5-18(14-20(16)23)21(28)26-10-3-8-22(29,9-13-26)15-25-11-6-19(7-12-25)24-17(2)27/h4-5,14,19,29H,3,6-13,15H2,1-2H3,(H,24,27)/t22-/m0/s1. The Hall–Kier alpha value is -1.99. The van der Waals surface area contributed by atoms with Crippen molar-refractivity contribution in [3.8, 4) is 0 Å². The van der Waals surface area contributed by atoms with Crippen molar-refractivity contribution in [2.24, 2.45) is 0 Å². The summed E-state index contributed by atoms with van der Waals surface area (Å²) >= 11 is 0. The quantitative estimate of drug-likeness (QED) is 0.805. The molecule has 2 fully saturated rings. The van der Waals surface area contributed by atoms with E-state index in [4.69, 9.17) is 0 Å². The van der Waals surface area contributed by atoms with Gasteiger partial charge in [-0.1, -0.05) is 6.07 Å². The van der Waals surface area contributed by atoms with Crippen LogP contribution in [0.3, 0.4) is 0 Å². The van der Waals surface area contributed by atoms with E-state index in [0.717, 1.165) is 32.4 Å². The Labute approximate surface area is 172 Å². The van der Waals surface area contributed by atoms with Gasteiger partial charge < -0.3 is 20.2 Å². The van der Waals surface area contributed by atoms with Crippen LogP contribution in [0.5, 0.6) is 0 Å². The van der Waals surface area contributed by atoms with Gasteiger partial charge in [-0.2, -0.15) is 0 Å². The number of carbonyl (C=O) groups excluding carboxylic acids is 2. The third kappa shape index (κ3) is 5.76. The van der Waals surface area contributed by atoms with Gasteiger partial charge in [-0.3, -0.25) is 9.59 Å². The van der Waals surface area contributed by atoms with Crippen molar-refractivity contribution in [2.75, 3.05) is 32.7 Å². The number of β-amino-alcohol motifs (C(OH)–C–C–N with tert-alkyl or cyclic N) is 1. The molecule has 7 heteroatoms. The van der Waals surface area contributed by atoms with Crippen LogP contribution in [0, 0.1) is 12.7 Å². The van der Waals surface area contributed by atoms with Gasteiger partial charge in [0.2, 0.25) is 5.91 Å². The molecule has 0 bridgehead atoms. The number of aryl methyl sites for hydroxylation is 1. The Balaban J connectivity index is 1.54. The van der Waals surface area contributed by atoms with Crippen LogP contribution in [0.4, 0.5) is 4.39 Å². The number of hydrogen-bond acceptors (Lipinski definition) is 4. The summed E-state index contributed by atoms with van der Waals surface area (Å²) in [5, 5.41) is 14.1. The minimum absolute atomic E-state index is 0.00376. The number of nitrogens with one attached hydrogen (secondary N) is 1. The van der Waals surface area contributed by atoms with Gasteiger partial charge in [0.1, 0.15) is 5.82 Å². The second-order valence-corrected chi connectivity index (χ2v) is 8.59. The summed E-state index contributed by atoms with van der Waals surface area (Å²) in [4.78, 5) is 28.0. The van der Waals surface area contributed by atoms with Crippen molar-refractivity contribution in [2.45, 2.75) is 57.6 Å². The molecule has 1 atom stereocenters. The number of benzene rings is 1. The van der Waals surface area contributed by atoms with E-state index in [1.165, 1.54) is 6.07 Å². The molecule has 1 aromatic rings. The van der Waals surface area contributed by atoms with Gasteiger partial charge in [-0.05, 0) is 56.7 Å². The number of rotatable bonds is 4. The second kappa shape index (κ2) is 9.22. The van der Waals surface area contributed by atoms with Crippen molar-refractivity contribution >= 4 is 11.8 Å². The van der Waals surface area contributed by atoms with E-state index >= 15 is 0 Å². The predicted octanol–water partition coefficient (Wildman–Crippen LogP) is 2.09. The topological polar surface area (TPSA) is 72.9 Å². The molecule has 2 aliphatic heterocycles. The SMILES string of the molecule is CC(=O)NC1CCN(C[C@]2(O)CCCN(C(=O)c3ccc(C)c(F)c3)CC2)CC1. The van der Waals surface area contributed by atoms with Crippen molar-refractivity contribution in [1.29, 1.82) is 0 Å². The number of hydrogen-bond donors (Lipinski definition) is 2. The zero-order valence-corrected chi connectivity index (χ0v) is 17.4. The fourth-order valence-corrected chi connectivity index (χ4v) is 4.39. The highest BCUT2D eigenvalue weighted by Gasteiger charge is 2.34. The van der Waals surface area contributed by atoms with Crippen molar-refractivity contribution in [1.82, 2.24) is 15.1 Å². The predicted molar refractivity (Wildman–Crippen MR) is 109 cm³/mol. The van der Waals surface area contributed by atoms with Crippen LogP contribution in [-0.4, -0.2) is 71.1 Å². The number of likely N-dealkylation sites (tertiary alicyclic amines) is 2. The van der Waals surface area contributed by atoms with Gasteiger partial charge in [0.15, 0.2) is 0 Å². The Morgan fingerprint density at radius 2 is 1.93 bits per heavy atom. The first-order chi connectivity index (χ1) is 13.8. The van der Waals surface area contributed by atoms with Crippen LogP contribution in [0.1, 0.15) is 54.9 Å². The van der Waals surface area contributed by atoms with Gasteiger partial charge >= 0.3 is 0 Å². The second-order valence-electron chi connectivity index (χ2n) is 8.59. The smallest absolute Gasteiger partial charge is 0.253 e. The van der Waals surface area contributed by atoms with Crippen LogP contribution in [-0.2, 0) is 4.79 Å². The third-order valence-corrected chi connectivity index (χ3v) is 6.14. The van der Waals surface area contributed by atoms with Gasteiger partial charge in [0.05, 0.1) is 5.60 Å². The van der Waals surface area contributed by atoms with E-state index in [1.54, 1.807) is 30.9 Å². The summed E-state index contributed by atoms with van der Waals surface area (Å²) in [5.41, 5.74) is 0.0571. The minimum Gasteiger partial charge on any atom is -0.388 e. The first-order valence-corrected chi connectivity index (χ1v) is 10.5. The van der Waals surface area contributed by atoms with Gasteiger partial charge in [-0.25, -0.2) is 4.39 Å². The third-order valence-electron chi connectivity index (χ3n) is 6.14. The molecule has 2 aliphatic rings. The highest BCUT2D eigenvalue weighted by molar-refractivity contribution is 5.94. The Bertz CT molecular complexity index is 749. The van der Waals surface area contributed by atoms with Crippen LogP contribution >= 0.6 is 0 Å². The summed E-state index contributed by atoms with van der Waals surface area (Å²) in [7, 11) is 0. The van der Waals surface area contributed by atoms with E-state index < -0.39 is 5.60 Å². The van der Waals surface area contributed by atoms with Crippen LogP contribution in [0.25, 0.3) is 0 Å².